The number of para-hydroxylation sites is 1. The quantitative estimate of drug-likeness (QED) is 0.399. The molecular formula is C23H21BrN2O3. The third kappa shape index (κ3) is 5.68. The Hall–Kier alpha value is -3.12. The second-order valence-corrected chi connectivity index (χ2v) is 7.32. The Morgan fingerprint density at radius 2 is 1.66 bits per heavy atom. The van der Waals surface area contributed by atoms with Gasteiger partial charge in [-0.25, -0.2) is 0 Å². The lowest BCUT2D eigenvalue weighted by Gasteiger charge is -2.23. The summed E-state index contributed by atoms with van der Waals surface area (Å²) in [7, 11) is 0. The molecule has 0 aromatic heterocycles. The Balaban J connectivity index is 1.75. The van der Waals surface area contributed by atoms with Crippen LogP contribution >= 0.6 is 15.9 Å². The third-order valence-electron chi connectivity index (χ3n) is 4.34. The van der Waals surface area contributed by atoms with Gasteiger partial charge in [-0.1, -0.05) is 69.6 Å². The summed E-state index contributed by atoms with van der Waals surface area (Å²) in [5, 5.41) is 14.2. The summed E-state index contributed by atoms with van der Waals surface area (Å²) < 4.78 is 0.913. The zero-order chi connectivity index (χ0) is 20.6. The fourth-order valence-electron chi connectivity index (χ4n) is 2.75. The molecule has 1 amide bonds. The number of amides is 1. The summed E-state index contributed by atoms with van der Waals surface area (Å²) in [6.45, 7) is 1.83. The number of hydrogen-bond donors (Lipinski definition) is 1. The van der Waals surface area contributed by atoms with Gasteiger partial charge in [0.05, 0.1) is 12.3 Å². The molecule has 3 rings (SSSR count). The summed E-state index contributed by atoms with van der Waals surface area (Å²) in [4.78, 5) is 19.8. The molecule has 0 aliphatic heterocycles. The highest BCUT2D eigenvalue weighted by Crippen LogP contribution is 2.24. The van der Waals surface area contributed by atoms with E-state index in [1.807, 2.05) is 67.6 Å². The first kappa shape index (κ1) is 20.6. The van der Waals surface area contributed by atoms with Crippen molar-refractivity contribution in [1.82, 2.24) is 0 Å². The highest BCUT2D eigenvalue weighted by atomic mass is 79.9. The van der Waals surface area contributed by atoms with E-state index >= 15 is 0 Å². The van der Waals surface area contributed by atoms with Crippen LogP contribution in [0, 0.1) is 0 Å². The van der Waals surface area contributed by atoms with Crippen molar-refractivity contribution in [2.75, 3.05) is 11.5 Å². The monoisotopic (exact) mass is 452 g/mol. The molecular weight excluding hydrogens is 432 g/mol. The second-order valence-electron chi connectivity index (χ2n) is 6.40. The van der Waals surface area contributed by atoms with Gasteiger partial charge in [-0.2, -0.15) is 0 Å². The predicted octanol–water partition coefficient (Wildman–Crippen LogP) is 5.13. The molecule has 0 unspecified atom stereocenters. The summed E-state index contributed by atoms with van der Waals surface area (Å²) in [6.07, 6.45) is 0. The molecule has 0 aliphatic carbocycles. The van der Waals surface area contributed by atoms with Crippen LogP contribution < -0.4 is 4.90 Å². The van der Waals surface area contributed by atoms with Crippen molar-refractivity contribution in [3.63, 3.8) is 0 Å². The van der Waals surface area contributed by atoms with Crippen LogP contribution in [0.5, 0.6) is 5.75 Å². The second kappa shape index (κ2) is 9.89. The first-order chi connectivity index (χ1) is 14.0. The molecule has 1 N–H and O–H groups in total. The van der Waals surface area contributed by atoms with E-state index in [1.54, 1.807) is 23.1 Å². The minimum atomic E-state index is -0.264. The van der Waals surface area contributed by atoms with Crippen LogP contribution in [0.2, 0.25) is 0 Å². The standard InChI is InChI=1S/C23H21BrN2O3/c1-17(18-7-3-2-4-8-18)25-29-16-23(28)26(21-13-11-20(24)12-14-21)15-19-9-5-6-10-22(19)27/h2-14,27H,15-16H2,1H3. The van der Waals surface area contributed by atoms with Gasteiger partial charge in [0, 0.05) is 15.7 Å². The van der Waals surface area contributed by atoms with E-state index in [1.165, 1.54) is 0 Å². The minimum absolute atomic E-state index is 0.140. The highest BCUT2D eigenvalue weighted by molar-refractivity contribution is 9.10. The zero-order valence-electron chi connectivity index (χ0n) is 16.0. The molecule has 5 nitrogen and oxygen atoms in total. The van der Waals surface area contributed by atoms with Gasteiger partial charge < -0.3 is 14.8 Å². The summed E-state index contributed by atoms with van der Waals surface area (Å²) in [5.74, 6) is -0.124. The molecule has 0 bridgehead atoms. The summed E-state index contributed by atoms with van der Waals surface area (Å²) in [5.41, 5.74) is 2.97. The van der Waals surface area contributed by atoms with Crippen molar-refractivity contribution in [3.05, 3.63) is 94.5 Å². The third-order valence-corrected chi connectivity index (χ3v) is 4.87. The van der Waals surface area contributed by atoms with E-state index in [4.69, 9.17) is 4.84 Å². The van der Waals surface area contributed by atoms with E-state index in [9.17, 15) is 9.90 Å². The topological polar surface area (TPSA) is 62.1 Å². The van der Waals surface area contributed by atoms with Crippen LogP contribution in [-0.2, 0) is 16.2 Å². The maximum absolute atomic E-state index is 12.9. The molecule has 29 heavy (non-hydrogen) atoms. The Bertz CT molecular complexity index is 989. The van der Waals surface area contributed by atoms with E-state index in [-0.39, 0.29) is 24.8 Å². The summed E-state index contributed by atoms with van der Waals surface area (Å²) in [6, 6.07) is 24.0. The molecule has 3 aromatic carbocycles. The van der Waals surface area contributed by atoms with Crippen LogP contribution in [0.4, 0.5) is 5.69 Å². The first-order valence-electron chi connectivity index (χ1n) is 9.09. The molecule has 0 aliphatic rings. The maximum Gasteiger partial charge on any atom is 0.268 e. The number of oxime groups is 1. The van der Waals surface area contributed by atoms with Crippen LogP contribution in [0.15, 0.2) is 88.5 Å². The van der Waals surface area contributed by atoms with Gasteiger partial charge in [-0.15, -0.1) is 0 Å². The molecule has 0 radical (unpaired) electrons. The van der Waals surface area contributed by atoms with E-state index in [0.717, 1.165) is 10.0 Å². The number of halogens is 1. The number of carbonyl (C=O) groups is 1. The molecule has 0 heterocycles. The normalized spacial score (nSPS) is 11.2. The maximum atomic E-state index is 12.9. The largest absolute Gasteiger partial charge is 0.508 e. The van der Waals surface area contributed by atoms with Crippen molar-refractivity contribution in [2.24, 2.45) is 5.16 Å². The fourth-order valence-corrected chi connectivity index (χ4v) is 3.02. The molecule has 6 heteroatoms. The average molecular weight is 453 g/mol. The van der Waals surface area contributed by atoms with Gasteiger partial charge in [0.15, 0.2) is 6.61 Å². The smallest absolute Gasteiger partial charge is 0.268 e. The molecule has 0 saturated carbocycles. The molecule has 0 fully saturated rings. The lowest BCUT2D eigenvalue weighted by molar-refractivity contribution is -0.123. The average Bonchev–Trinajstić information content (AvgIpc) is 2.74. The van der Waals surface area contributed by atoms with Crippen LogP contribution in [0.1, 0.15) is 18.1 Å². The van der Waals surface area contributed by atoms with Crippen LogP contribution in [-0.4, -0.2) is 23.3 Å². The predicted molar refractivity (Wildman–Crippen MR) is 118 cm³/mol. The number of hydrogen-bond acceptors (Lipinski definition) is 4. The lowest BCUT2D eigenvalue weighted by Crippen LogP contribution is -2.33. The number of anilines is 1. The SMILES string of the molecule is CC(=NOCC(=O)N(Cc1ccccc1O)c1ccc(Br)cc1)c1ccccc1. The number of benzene rings is 3. The number of phenolic OH excluding ortho intramolecular Hbond substituents is 1. The molecule has 0 saturated heterocycles. The Kier molecular flexibility index (Phi) is 7.03. The van der Waals surface area contributed by atoms with Gasteiger partial charge >= 0.3 is 0 Å². The Morgan fingerprint density at radius 1 is 1.00 bits per heavy atom. The molecule has 0 spiro atoms. The number of rotatable bonds is 7. The van der Waals surface area contributed by atoms with Crippen molar-refractivity contribution in [2.45, 2.75) is 13.5 Å². The number of phenols is 1. The van der Waals surface area contributed by atoms with Gasteiger partial charge in [0.2, 0.25) is 0 Å². The fraction of sp³-hybridized carbons (Fsp3) is 0.130. The number of nitrogens with zero attached hydrogens (tertiary/aromatic N) is 2. The van der Waals surface area contributed by atoms with Gasteiger partial charge in [0.1, 0.15) is 5.75 Å². The zero-order valence-corrected chi connectivity index (χ0v) is 17.5. The molecule has 0 atom stereocenters. The highest BCUT2D eigenvalue weighted by Gasteiger charge is 2.18. The van der Waals surface area contributed by atoms with Gasteiger partial charge in [0.25, 0.3) is 5.91 Å². The van der Waals surface area contributed by atoms with Gasteiger partial charge in [-0.3, -0.25) is 4.79 Å². The van der Waals surface area contributed by atoms with Crippen molar-refractivity contribution in [3.8, 4) is 5.75 Å². The molecule has 148 valence electrons. The van der Waals surface area contributed by atoms with Crippen molar-refractivity contribution in [1.29, 1.82) is 0 Å². The Labute approximate surface area is 178 Å². The van der Waals surface area contributed by atoms with Gasteiger partial charge in [-0.05, 0) is 42.8 Å². The molecule has 3 aromatic rings. The first-order valence-corrected chi connectivity index (χ1v) is 9.88. The van der Waals surface area contributed by atoms with E-state index in [0.29, 0.717) is 17.0 Å². The van der Waals surface area contributed by atoms with Crippen molar-refractivity contribution >= 4 is 33.2 Å². The number of carbonyl (C=O) groups excluding carboxylic acids is 1. The van der Waals surface area contributed by atoms with E-state index in [2.05, 4.69) is 21.1 Å². The van der Waals surface area contributed by atoms with Crippen LogP contribution in [0.25, 0.3) is 0 Å². The Morgan fingerprint density at radius 3 is 2.34 bits per heavy atom. The summed E-state index contributed by atoms with van der Waals surface area (Å²) >= 11 is 3.40. The van der Waals surface area contributed by atoms with E-state index < -0.39 is 0 Å². The van der Waals surface area contributed by atoms with Crippen molar-refractivity contribution < 1.29 is 14.7 Å². The van der Waals surface area contributed by atoms with Crippen LogP contribution in [0.3, 0.4) is 0 Å². The minimum Gasteiger partial charge on any atom is -0.508 e. The number of aromatic hydroxyl groups is 1. The lowest BCUT2D eigenvalue weighted by atomic mass is 10.1.